The van der Waals surface area contributed by atoms with Crippen molar-refractivity contribution in [2.75, 3.05) is 6.54 Å². The third-order valence-electron chi connectivity index (χ3n) is 4.12. The van der Waals surface area contributed by atoms with Gasteiger partial charge < -0.3 is 15.0 Å². The molecule has 5 nitrogen and oxygen atoms in total. The number of aromatic nitrogens is 1. The zero-order valence-corrected chi connectivity index (χ0v) is 14.6. The molecule has 2 N–H and O–H groups in total. The number of carbonyl (C=O) groups excluding carboxylic acids is 1. The van der Waals surface area contributed by atoms with E-state index in [0.717, 1.165) is 5.56 Å². The molecule has 0 spiro atoms. The SMILES string of the molecule is CCNC(=O)c1c(O)c2c(Cl)c(-c3ccccc3)ccc2n(C)c1=O.[NaH]. The first-order valence-electron chi connectivity index (χ1n) is 7.85. The second kappa shape index (κ2) is 8.27. The zero-order valence-electron chi connectivity index (χ0n) is 13.8. The third-order valence-corrected chi connectivity index (χ3v) is 4.52. The number of amides is 1. The van der Waals surface area contributed by atoms with E-state index in [1.165, 1.54) is 4.57 Å². The molecule has 0 atom stereocenters. The number of pyridine rings is 1. The number of aryl methyl sites for hydroxylation is 1. The van der Waals surface area contributed by atoms with Gasteiger partial charge in [-0.3, -0.25) is 9.59 Å². The summed E-state index contributed by atoms with van der Waals surface area (Å²) in [5.74, 6) is -1.02. The van der Waals surface area contributed by atoms with Crippen LogP contribution in [0.4, 0.5) is 0 Å². The molecule has 1 aromatic heterocycles. The number of nitrogens with one attached hydrogen (secondary N) is 1. The van der Waals surface area contributed by atoms with Crippen LogP contribution >= 0.6 is 11.6 Å². The summed E-state index contributed by atoms with van der Waals surface area (Å²) in [4.78, 5) is 24.7. The number of hydrogen-bond acceptors (Lipinski definition) is 3. The Bertz CT molecular complexity index is 1030. The van der Waals surface area contributed by atoms with Crippen molar-refractivity contribution in [3.05, 3.63) is 63.4 Å². The van der Waals surface area contributed by atoms with E-state index in [1.54, 1.807) is 26.1 Å². The topological polar surface area (TPSA) is 71.3 Å². The van der Waals surface area contributed by atoms with Gasteiger partial charge in [0.05, 0.1) is 15.9 Å². The van der Waals surface area contributed by atoms with Crippen molar-refractivity contribution in [3.63, 3.8) is 0 Å². The molecule has 1 heterocycles. The number of halogens is 1. The van der Waals surface area contributed by atoms with Crippen molar-refractivity contribution >= 4 is 58.0 Å². The maximum absolute atomic E-state index is 12.5. The van der Waals surface area contributed by atoms with Crippen LogP contribution in [0.1, 0.15) is 17.3 Å². The monoisotopic (exact) mass is 380 g/mol. The quantitative estimate of drug-likeness (QED) is 0.686. The molecule has 0 saturated carbocycles. The zero-order chi connectivity index (χ0) is 18.1. The van der Waals surface area contributed by atoms with Crippen molar-refractivity contribution < 1.29 is 9.90 Å². The molecular formula is C19H18ClN2NaO3. The fourth-order valence-corrected chi connectivity index (χ4v) is 3.23. The Balaban J connectivity index is 0.00000243. The van der Waals surface area contributed by atoms with Crippen LogP contribution in [0.3, 0.4) is 0 Å². The summed E-state index contributed by atoms with van der Waals surface area (Å²) < 4.78 is 1.32. The minimum absolute atomic E-state index is 0. The van der Waals surface area contributed by atoms with E-state index in [4.69, 9.17) is 11.6 Å². The second-order valence-corrected chi connectivity index (χ2v) is 6.01. The fourth-order valence-electron chi connectivity index (χ4n) is 2.87. The van der Waals surface area contributed by atoms with Gasteiger partial charge in [-0.1, -0.05) is 48.0 Å². The van der Waals surface area contributed by atoms with E-state index in [9.17, 15) is 14.7 Å². The predicted molar refractivity (Wildman–Crippen MR) is 106 cm³/mol. The molecule has 0 radical (unpaired) electrons. The van der Waals surface area contributed by atoms with Gasteiger partial charge in [-0.2, -0.15) is 0 Å². The van der Waals surface area contributed by atoms with E-state index >= 15 is 0 Å². The molecule has 1 amide bonds. The minimum atomic E-state index is -0.622. The van der Waals surface area contributed by atoms with Crippen molar-refractivity contribution in [3.8, 4) is 16.9 Å². The number of fused-ring (bicyclic) bond motifs is 1. The van der Waals surface area contributed by atoms with Gasteiger partial charge in [0, 0.05) is 19.2 Å². The summed E-state index contributed by atoms with van der Waals surface area (Å²) >= 11 is 6.55. The van der Waals surface area contributed by atoms with Gasteiger partial charge in [0.25, 0.3) is 11.5 Å². The van der Waals surface area contributed by atoms with E-state index in [0.29, 0.717) is 22.6 Å². The van der Waals surface area contributed by atoms with Crippen LogP contribution in [0.15, 0.2) is 47.3 Å². The maximum atomic E-state index is 12.5. The van der Waals surface area contributed by atoms with Gasteiger partial charge in [0.1, 0.15) is 11.3 Å². The number of carbonyl (C=O) groups is 1. The van der Waals surface area contributed by atoms with Gasteiger partial charge in [-0.15, -0.1) is 0 Å². The summed E-state index contributed by atoms with van der Waals surface area (Å²) in [6.45, 7) is 2.08. The van der Waals surface area contributed by atoms with Crippen LogP contribution in [0.2, 0.25) is 5.02 Å². The van der Waals surface area contributed by atoms with Crippen molar-refractivity contribution in [1.82, 2.24) is 9.88 Å². The van der Waals surface area contributed by atoms with Crippen molar-refractivity contribution in [1.29, 1.82) is 0 Å². The van der Waals surface area contributed by atoms with Crippen molar-refractivity contribution in [2.24, 2.45) is 7.05 Å². The fraction of sp³-hybridized carbons (Fsp3) is 0.158. The molecule has 26 heavy (non-hydrogen) atoms. The molecule has 0 aliphatic heterocycles. The second-order valence-electron chi connectivity index (χ2n) is 5.63. The molecule has 3 aromatic rings. The summed E-state index contributed by atoms with van der Waals surface area (Å²) in [6, 6.07) is 13.0. The Morgan fingerprint density at radius 3 is 2.46 bits per heavy atom. The van der Waals surface area contributed by atoms with Crippen LogP contribution in [-0.2, 0) is 7.05 Å². The number of benzene rings is 2. The standard InChI is InChI=1S/C19H17ClN2O3.Na.H/c1-3-21-18(24)15-17(23)14-13(22(2)19(15)25)10-9-12(16(14)20)11-7-5-4-6-8-11;;/h4-10,23H,3H2,1-2H3,(H,21,24);;. The molecule has 0 aliphatic carbocycles. The van der Waals surface area contributed by atoms with Gasteiger partial charge in [-0.25, -0.2) is 0 Å². The molecule has 0 aliphatic rings. The predicted octanol–water partition coefficient (Wildman–Crippen LogP) is 2.67. The summed E-state index contributed by atoms with van der Waals surface area (Å²) in [7, 11) is 1.55. The Hall–Kier alpha value is -1.79. The number of aromatic hydroxyl groups is 1. The molecule has 2 aromatic carbocycles. The van der Waals surface area contributed by atoms with Gasteiger partial charge in [-0.05, 0) is 18.6 Å². The molecule has 0 bridgehead atoms. The van der Waals surface area contributed by atoms with Crippen LogP contribution in [0.5, 0.6) is 5.75 Å². The Kier molecular flexibility index (Phi) is 6.53. The molecule has 7 heteroatoms. The first-order chi connectivity index (χ1) is 12.0. The Morgan fingerprint density at radius 2 is 1.85 bits per heavy atom. The molecular weight excluding hydrogens is 363 g/mol. The first-order valence-corrected chi connectivity index (χ1v) is 8.23. The molecule has 3 rings (SSSR count). The normalized spacial score (nSPS) is 10.4. The van der Waals surface area contributed by atoms with E-state index in [-0.39, 0.29) is 40.5 Å². The van der Waals surface area contributed by atoms with E-state index < -0.39 is 17.2 Å². The van der Waals surface area contributed by atoms with Crippen LogP contribution in [-0.4, -0.2) is 51.7 Å². The number of rotatable bonds is 3. The summed E-state index contributed by atoms with van der Waals surface area (Å²) in [5, 5.41) is 13.8. The average molecular weight is 381 g/mol. The van der Waals surface area contributed by atoms with Crippen LogP contribution in [0, 0.1) is 0 Å². The summed E-state index contributed by atoms with van der Waals surface area (Å²) in [5.41, 5.74) is 1.18. The molecule has 130 valence electrons. The Morgan fingerprint density at radius 1 is 1.19 bits per heavy atom. The van der Waals surface area contributed by atoms with E-state index in [2.05, 4.69) is 5.32 Å². The molecule has 0 saturated heterocycles. The Labute approximate surface area is 177 Å². The summed E-state index contributed by atoms with van der Waals surface area (Å²) in [6.07, 6.45) is 0. The van der Waals surface area contributed by atoms with Gasteiger partial charge >= 0.3 is 29.6 Å². The van der Waals surface area contributed by atoms with E-state index in [1.807, 2.05) is 30.3 Å². The van der Waals surface area contributed by atoms with Crippen molar-refractivity contribution in [2.45, 2.75) is 6.92 Å². The molecule has 0 fully saturated rings. The number of hydrogen-bond donors (Lipinski definition) is 2. The third kappa shape index (κ3) is 3.40. The molecule has 0 unspecified atom stereocenters. The first kappa shape index (κ1) is 20.5. The number of nitrogens with zero attached hydrogens (tertiary/aromatic N) is 1. The van der Waals surface area contributed by atoms with Gasteiger partial charge in [0.2, 0.25) is 0 Å². The van der Waals surface area contributed by atoms with Gasteiger partial charge in [0.15, 0.2) is 0 Å². The van der Waals surface area contributed by atoms with Crippen LogP contribution < -0.4 is 10.9 Å². The average Bonchev–Trinajstić information content (AvgIpc) is 2.60. The van der Waals surface area contributed by atoms with Crippen LogP contribution in [0.25, 0.3) is 22.0 Å².